The van der Waals surface area contributed by atoms with Crippen LogP contribution < -0.4 is 16.0 Å². The standard InChI is InChI=1S/C21H32N4O/c1-3-22-21(23-13-16-9-5-4-8-15(16)2)24-14-17-12-20(26)25-19-11-7-6-10-18(17)19/h6-7,10-11,15-17H,3-5,8-9,12-14H2,1-2H3,(H,25,26)(H2,22,23,24). The summed E-state index contributed by atoms with van der Waals surface area (Å²) in [6, 6.07) is 8.08. The molecule has 1 amide bonds. The summed E-state index contributed by atoms with van der Waals surface area (Å²) in [4.78, 5) is 16.8. The number of fused-ring (bicyclic) bond motifs is 1. The van der Waals surface area contributed by atoms with Crippen LogP contribution in [0.15, 0.2) is 29.3 Å². The van der Waals surface area contributed by atoms with Crippen molar-refractivity contribution in [3.63, 3.8) is 0 Å². The number of hydrogen-bond donors (Lipinski definition) is 3. The molecule has 3 rings (SSSR count). The minimum absolute atomic E-state index is 0.0912. The molecule has 1 fully saturated rings. The van der Waals surface area contributed by atoms with Gasteiger partial charge in [-0.05, 0) is 36.8 Å². The van der Waals surface area contributed by atoms with E-state index >= 15 is 0 Å². The average Bonchev–Trinajstić information content (AvgIpc) is 2.64. The van der Waals surface area contributed by atoms with Gasteiger partial charge in [0.15, 0.2) is 5.96 Å². The van der Waals surface area contributed by atoms with Gasteiger partial charge in [0.25, 0.3) is 0 Å². The highest BCUT2D eigenvalue weighted by Gasteiger charge is 2.25. The van der Waals surface area contributed by atoms with Crippen molar-refractivity contribution < 1.29 is 4.79 Å². The zero-order chi connectivity index (χ0) is 18.4. The third-order valence-corrected chi connectivity index (χ3v) is 5.74. The van der Waals surface area contributed by atoms with Gasteiger partial charge in [-0.1, -0.05) is 44.4 Å². The molecule has 2 aliphatic rings. The predicted molar refractivity (Wildman–Crippen MR) is 108 cm³/mol. The van der Waals surface area contributed by atoms with E-state index in [1.54, 1.807) is 0 Å². The van der Waals surface area contributed by atoms with Crippen LogP contribution in [0.5, 0.6) is 0 Å². The number of para-hydroxylation sites is 1. The molecule has 0 spiro atoms. The van der Waals surface area contributed by atoms with E-state index in [1.807, 2.05) is 18.2 Å². The lowest BCUT2D eigenvalue weighted by Crippen LogP contribution is -2.41. The molecule has 142 valence electrons. The van der Waals surface area contributed by atoms with Crippen molar-refractivity contribution in [2.75, 3.05) is 25.0 Å². The van der Waals surface area contributed by atoms with Crippen LogP contribution in [0.25, 0.3) is 0 Å². The molecule has 1 heterocycles. The van der Waals surface area contributed by atoms with Crippen molar-refractivity contribution in [1.82, 2.24) is 10.6 Å². The first-order valence-corrected chi connectivity index (χ1v) is 10.1. The highest BCUT2D eigenvalue weighted by atomic mass is 16.1. The van der Waals surface area contributed by atoms with Crippen molar-refractivity contribution in [2.24, 2.45) is 16.8 Å². The van der Waals surface area contributed by atoms with E-state index in [9.17, 15) is 4.79 Å². The Kier molecular flexibility index (Phi) is 6.53. The lowest BCUT2D eigenvalue weighted by Gasteiger charge is -2.28. The summed E-state index contributed by atoms with van der Waals surface area (Å²) in [5.41, 5.74) is 2.14. The summed E-state index contributed by atoms with van der Waals surface area (Å²) in [5, 5.41) is 9.78. The lowest BCUT2D eigenvalue weighted by atomic mass is 9.80. The predicted octanol–water partition coefficient (Wildman–Crippen LogP) is 3.49. The van der Waals surface area contributed by atoms with Crippen molar-refractivity contribution in [2.45, 2.75) is 51.9 Å². The van der Waals surface area contributed by atoms with Crippen LogP contribution in [0.4, 0.5) is 5.69 Å². The van der Waals surface area contributed by atoms with Crippen LogP contribution in [-0.4, -0.2) is 31.5 Å². The van der Waals surface area contributed by atoms with Crippen LogP contribution in [0.1, 0.15) is 57.4 Å². The number of carbonyl (C=O) groups is 1. The number of amides is 1. The molecule has 5 heteroatoms. The number of nitrogens with one attached hydrogen (secondary N) is 3. The SMILES string of the molecule is CCNC(=NCC1CCCCC1C)NCC1CC(=O)Nc2ccccc21. The first-order chi connectivity index (χ1) is 12.7. The third kappa shape index (κ3) is 4.77. The number of benzene rings is 1. The highest BCUT2D eigenvalue weighted by Crippen LogP contribution is 2.31. The Balaban J connectivity index is 1.61. The monoisotopic (exact) mass is 356 g/mol. The Hall–Kier alpha value is -2.04. The summed E-state index contributed by atoms with van der Waals surface area (Å²) in [6.07, 6.45) is 5.84. The number of guanidine groups is 1. The maximum Gasteiger partial charge on any atom is 0.225 e. The summed E-state index contributed by atoms with van der Waals surface area (Å²) in [7, 11) is 0. The fourth-order valence-corrected chi connectivity index (χ4v) is 4.12. The fraction of sp³-hybridized carbons (Fsp3) is 0.619. The van der Waals surface area contributed by atoms with Gasteiger partial charge in [0.1, 0.15) is 0 Å². The van der Waals surface area contributed by atoms with Crippen molar-refractivity contribution in [3.05, 3.63) is 29.8 Å². The number of rotatable bonds is 5. The van der Waals surface area contributed by atoms with Gasteiger partial charge in [-0.25, -0.2) is 0 Å². The van der Waals surface area contributed by atoms with E-state index in [2.05, 4.69) is 35.9 Å². The Bertz CT molecular complexity index is 643. The molecule has 1 aromatic carbocycles. The number of carbonyl (C=O) groups excluding carboxylic acids is 1. The van der Waals surface area contributed by atoms with Crippen molar-refractivity contribution >= 4 is 17.6 Å². The zero-order valence-corrected chi connectivity index (χ0v) is 16.1. The molecular formula is C21H32N4O. The third-order valence-electron chi connectivity index (χ3n) is 5.74. The number of aliphatic imine (C=N–C) groups is 1. The van der Waals surface area contributed by atoms with Gasteiger partial charge in [-0.3, -0.25) is 9.79 Å². The maximum atomic E-state index is 12.0. The van der Waals surface area contributed by atoms with E-state index in [0.29, 0.717) is 12.3 Å². The topological polar surface area (TPSA) is 65.5 Å². The van der Waals surface area contributed by atoms with Gasteiger partial charge in [-0.2, -0.15) is 0 Å². The fourth-order valence-electron chi connectivity index (χ4n) is 4.12. The quantitative estimate of drug-likeness (QED) is 0.559. The molecular weight excluding hydrogens is 324 g/mol. The van der Waals surface area contributed by atoms with Gasteiger partial charge < -0.3 is 16.0 Å². The van der Waals surface area contributed by atoms with Gasteiger partial charge in [0.2, 0.25) is 5.91 Å². The molecule has 26 heavy (non-hydrogen) atoms. The summed E-state index contributed by atoms with van der Waals surface area (Å²) in [6.45, 7) is 6.89. The average molecular weight is 357 g/mol. The normalized spacial score (nSPS) is 26.0. The Morgan fingerprint density at radius 2 is 2.04 bits per heavy atom. The Labute approximate surface area is 157 Å². The molecule has 1 saturated carbocycles. The molecule has 0 aromatic heterocycles. The summed E-state index contributed by atoms with van der Waals surface area (Å²) < 4.78 is 0. The van der Waals surface area contributed by atoms with E-state index in [4.69, 9.17) is 4.99 Å². The molecule has 3 atom stereocenters. The number of anilines is 1. The smallest absolute Gasteiger partial charge is 0.225 e. The largest absolute Gasteiger partial charge is 0.357 e. The molecule has 1 aliphatic heterocycles. The first-order valence-electron chi connectivity index (χ1n) is 10.1. The minimum Gasteiger partial charge on any atom is -0.357 e. The summed E-state index contributed by atoms with van der Waals surface area (Å²) >= 11 is 0. The molecule has 3 unspecified atom stereocenters. The number of nitrogens with zero attached hydrogens (tertiary/aromatic N) is 1. The second-order valence-electron chi connectivity index (χ2n) is 7.66. The second kappa shape index (κ2) is 9.06. The van der Waals surface area contributed by atoms with Crippen LogP contribution in [0, 0.1) is 11.8 Å². The number of hydrogen-bond acceptors (Lipinski definition) is 2. The van der Waals surface area contributed by atoms with Gasteiger partial charge >= 0.3 is 0 Å². The maximum absolute atomic E-state index is 12.0. The van der Waals surface area contributed by atoms with E-state index < -0.39 is 0 Å². The van der Waals surface area contributed by atoms with Crippen LogP contribution in [0.2, 0.25) is 0 Å². The van der Waals surface area contributed by atoms with Gasteiger partial charge in [0, 0.05) is 37.7 Å². The van der Waals surface area contributed by atoms with Crippen LogP contribution >= 0.6 is 0 Å². The molecule has 1 aliphatic carbocycles. The second-order valence-corrected chi connectivity index (χ2v) is 7.66. The van der Waals surface area contributed by atoms with Crippen molar-refractivity contribution in [1.29, 1.82) is 0 Å². The Morgan fingerprint density at radius 1 is 1.23 bits per heavy atom. The lowest BCUT2D eigenvalue weighted by molar-refractivity contribution is -0.116. The molecule has 5 nitrogen and oxygen atoms in total. The van der Waals surface area contributed by atoms with E-state index in [1.165, 1.54) is 31.2 Å². The van der Waals surface area contributed by atoms with E-state index in [-0.39, 0.29) is 11.8 Å². The highest BCUT2D eigenvalue weighted by molar-refractivity contribution is 5.94. The zero-order valence-electron chi connectivity index (χ0n) is 16.1. The van der Waals surface area contributed by atoms with Crippen molar-refractivity contribution in [3.8, 4) is 0 Å². The first kappa shape index (κ1) is 18.7. The minimum atomic E-state index is 0.0912. The van der Waals surface area contributed by atoms with E-state index in [0.717, 1.165) is 37.2 Å². The molecule has 1 aromatic rings. The molecule has 0 radical (unpaired) electrons. The Morgan fingerprint density at radius 3 is 2.85 bits per heavy atom. The molecule has 3 N–H and O–H groups in total. The molecule has 0 saturated heterocycles. The molecule has 0 bridgehead atoms. The summed E-state index contributed by atoms with van der Waals surface area (Å²) in [5.74, 6) is 2.60. The van der Waals surface area contributed by atoms with Crippen LogP contribution in [-0.2, 0) is 4.79 Å². The van der Waals surface area contributed by atoms with Gasteiger partial charge in [0.05, 0.1) is 0 Å². The van der Waals surface area contributed by atoms with Crippen LogP contribution in [0.3, 0.4) is 0 Å². The van der Waals surface area contributed by atoms with Gasteiger partial charge in [-0.15, -0.1) is 0 Å².